The van der Waals surface area contributed by atoms with Gasteiger partial charge >= 0.3 is 0 Å². The first-order chi connectivity index (χ1) is 7.59. The van der Waals surface area contributed by atoms with Gasteiger partial charge in [0.05, 0.1) is 6.10 Å². The highest BCUT2D eigenvalue weighted by Crippen LogP contribution is 2.32. The predicted octanol–water partition coefficient (Wildman–Crippen LogP) is 1.05. The number of ether oxygens (including phenoxy) is 1. The summed E-state index contributed by atoms with van der Waals surface area (Å²) in [6, 6.07) is 0.0620. The van der Waals surface area contributed by atoms with Crippen LogP contribution in [-0.2, 0) is 9.53 Å². The molecule has 0 saturated heterocycles. The van der Waals surface area contributed by atoms with Crippen LogP contribution in [0.4, 0.5) is 0 Å². The van der Waals surface area contributed by atoms with Crippen LogP contribution in [0.15, 0.2) is 0 Å². The van der Waals surface area contributed by atoms with E-state index in [4.69, 9.17) is 10.5 Å². The Labute approximate surface area is 97.9 Å². The van der Waals surface area contributed by atoms with Crippen molar-refractivity contribution in [1.29, 1.82) is 0 Å². The van der Waals surface area contributed by atoms with E-state index < -0.39 is 0 Å². The summed E-state index contributed by atoms with van der Waals surface area (Å²) in [4.78, 5) is 11.5. The van der Waals surface area contributed by atoms with Gasteiger partial charge in [-0.15, -0.1) is 0 Å². The van der Waals surface area contributed by atoms with Crippen molar-refractivity contribution >= 4 is 5.91 Å². The Balaban J connectivity index is 1.93. The van der Waals surface area contributed by atoms with Gasteiger partial charge in [0.15, 0.2) is 0 Å². The van der Waals surface area contributed by atoms with Gasteiger partial charge in [-0.25, -0.2) is 0 Å². The van der Waals surface area contributed by atoms with Crippen LogP contribution in [0, 0.1) is 5.92 Å². The lowest BCUT2D eigenvalue weighted by Gasteiger charge is -2.11. The standard InChI is InChI=1S/C12H24N2O2/c1-9(2)16-7-3-6-14-12(15)8-11(13)10-4-5-10/h9-11H,3-8,13H2,1-2H3,(H,14,15). The fourth-order valence-corrected chi connectivity index (χ4v) is 1.60. The van der Waals surface area contributed by atoms with Crippen molar-refractivity contribution in [2.24, 2.45) is 11.7 Å². The van der Waals surface area contributed by atoms with E-state index in [1.807, 2.05) is 13.8 Å². The molecule has 3 N–H and O–H groups in total. The largest absolute Gasteiger partial charge is 0.379 e. The van der Waals surface area contributed by atoms with Crippen molar-refractivity contribution in [3.8, 4) is 0 Å². The summed E-state index contributed by atoms with van der Waals surface area (Å²) < 4.78 is 5.38. The van der Waals surface area contributed by atoms with Crippen molar-refractivity contribution in [1.82, 2.24) is 5.32 Å². The van der Waals surface area contributed by atoms with E-state index in [0.29, 0.717) is 25.5 Å². The minimum absolute atomic E-state index is 0.0620. The molecular formula is C12H24N2O2. The van der Waals surface area contributed by atoms with Crippen LogP contribution >= 0.6 is 0 Å². The summed E-state index contributed by atoms with van der Waals surface area (Å²) in [6.07, 6.45) is 3.98. The maximum Gasteiger partial charge on any atom is 0.221 e. The number of amides is 1. The van der Waals surface area contributed by atoms with Crippen LogP contribution in [-0.4, -0.2) is 31.2 Å². The fourth-order valence-electron chi connectivity index (χ4n) is 1.60. The molecule has 0 aromatic carbocycles. The van der Waals surface area contributed by atoms with Crippen molar-refractivity contribution in [2.45, 2.75) is 51.7 Å². The average Bonchev–Trinajstić information content (AvgIpc) is 2.99. The number of carbonyl (C=O) groups is 1. The van der Waals surface area contributed by atoms with Crippen LogP contribution < -0.4 is 11.1 Å². The molecule has 0 aromatic rings. The molecular weight excluding hydrogens is 204 g/mol. The SMILES string of the molecule is CC(C)OCCCNC(=O)CC(N)C1CC1. The maximum absolute atomic E-state index is 11.5. The molecule has 0 aliphatic heterocycles. The molecule has 0 radical (unpaired) electrons. The zero-order chi connectivity index (χ0) is 12.0. The molecule has 0 heterocycles. The quantitative estimate of drug-likeness (QED) is 0.610. The normalized spacial score (nSPS) is 17.5. The Morgan fingerprint density at radius 3 is 2.75 bits per heavy atom. The van der Waals surface area contributed by atoms with Gasteiger partial charge in [0.1, 0.15) is 0 Å². The van der Waals surface area contributed by atoms with Crippen LogP contribution in [0.3, 0.4) is 0 Å². The molecule has 4 heteroatoms. The second-order valence-corrected chi connectivity index (χ2v) is 4.83. The lowest BCUT2D eigenvalue weighted by atomic mass is 10.1. The van der Waals surface area contributed by atoms with Gasteiger partial charge in [0.2, 0.25) is 5.91 Å². The number of nitrogens with one attached hydrogen (secondary N) is 1. The van der Waals surface area contributed by atoms with Crippen LogP contribution in [0.1, 0.15) is 39.5 Å². The van der Waals surface area contributed by atoms with Gasteiger partial charge in [-0.2, -0.15) is 0 Å². The van der Waals surface area contributed by atoms with E-state index in [1.165, 1.54) is 12.8 Å². The van der Waals surface area contributed by atoms with E-state index in [-0.39, 0.29) is 18.1 Å². The monoisotopic (exact) mass is 228 g/mol. The second-order valence-electron chi connectivity index (χ2n) is 4.83. The number of hydrogen-bond donors (Lipinski definition) is 2. The van der Waals surface area contributed by atoms with Gasteiger partial charge in [0, 0.05) is 25.6 Å². The van der Waals surface area contributed by atoms with E-state index in [9.17, 15) is 4.79 Å². The molecule has 1 saturated carbocycles. The lowest BCUT2D eigenvalue weighted by Crippen LogP contribution is -2.33. The maximum atomic E-state index is 11.5. The zero-order valence-corrected chi connectivity index (χ0v) is 10.4. The topological polar surface area (TPSA) is 64.3 Å². The summed E-state index contributed by atoms with van der Waals surface area (Å²) >= 11 is 0. The molecule has 1 aliphatic rings. The molecule has 0 spiro atoms. The van der Waals surface area contributed by atoms with E-state index in [1.54, 1.807) is 0 Å². The van der Waals surface area contributed by atoms with Gasteiger partial charge in [-0.3, -0.25) is 4.79 Å². The Morgan fingerprint density at radius 1 is 1.50 bits per heavy atom. The summed E-state index contributed by atoms with van der Waals surface area (Å²) in [5, 5.41) is 2.87. The van der Waals surface area contributed by atoms with Crippen molar-refractivity contribution in [3.63, 3.8) is 0 Å². The molecule has 1 rings (SSSR count). The van der Waals surface area contributed by atoms with E-state index in [2.05, 4.69) is 5.32 Å². The highest BCUT2D eigenvalue weighted by molar-refractivity contribution is 5.76. The second kappa shape index (κ2) is 6.86. The first-order valence-corrected chi connectivity index (χ1v) is 6.23. The highest BCUT2D eigenvalue weighted by Gasteiger charge is 2.29. The third kappa shape index (κ3) is 6.08. The Bertz CT molecular complexity index is 215. The average molecular weight is 228 g/mol. The number of carbonyl (C=O) groups excluding carboxylic acids is 1. The van der Waals surface area contributed by atoms with Crippen LogP contribution in [0.25, 0.3) is 0 Å². The number of nitrogens with two attached hydrogens (primary N) is 1. The molecule has 94 valence electrons. The van der Waals surface area contributed by atoms with Crippen molar-refractivity contribution in [3.05, 3.63) is 0 Å². The predicted molar refractivity (Wildman–Crippen MR) is 64.0 cm³/mol. The summed E-state index contributed by atoms with van der Waals surface area (Å²) in [5.74, 6) is 0.666. The molecule has 1 unspecified atom stereocenters. The van der Waals surface area contributed by atoms with Crippen molar-refractivity contribution < 1.29 is 9.53 Å². The Morgan fingerprint density at radius 2 is 2.19 bits per heavy atom. The van der Waals surface area contributed by atoms with Gasteiger partial charge in [0.25, 0.3) is 0 Å². The Kier molecular flexibility index (Phi) is 5.77. The third-order valence-corrected chi connectivity index (χ3v) is 2.74. The Hall–Kier alpha value is -0.610. The van der Waals surface area contributed by atoms with Gasteiger partial charge < -0.3 is 15.8 Å². The van der Waals surface area contributed by atoms with Gasteiger partial charge in [-0.05, 0) is 39.0 Å². The van der Waals surface area contributed by atoms with E-state index >= 15 is 0 Å². The van der Waals surface area contributed by atoms with Gasteiger partial charge in [-0.1, -0.05) is 0 Å². The minimum Gasteiger partial charge on any atom is -0.379 e. The highest BCUT2D eigenvalue weighted by atomic mass is 16.5. The summed E-state index contributed by atoms with van der Waals surface area (Å²) in [7, 11) is 0. The first-order valence-electron chi connectivity index (χ1n) is 6.23. The summed E-state index contributed by atoms with van der Waals surface area (Å²) in [5.41, 5.74) is 5.86. The molecule has 16 heavy (non-hydrogen) atoms. The number of rotatable bonds is 8. The molecule has 1 aliphatic carbocycles. The number of hydrogen-bond acceptors (Lipinski definition) is 3. The van der Waals surface area contributed by atoms with Crippen LogP contribution in [0.2, 0.25) is 0 Å². The third-order valence-electron chi connectivity index (χ3n) is 2.74. The van der Waals surface area contributed by atoms with Crippen LogP contribution in [0.5, 0.6) is 0 Å². The first kappa shape index (κ1) is 13.5. The molecule has 1 atom stereocenters. The minimum atomic E-state index is 0.0620. The molecule has 4 nitrogen and oxygen atoms in total. The summed E-state index contributed by atoms with van der Waals surface area (Å²) in [6.45, 7) is 5.40. The molecule has 1 fully saturated rings. The van der Waals surface area contributed by atoms with E-state index in [0.717, 1.165) is 6.42 Å². The lowest BCUT2D eigenvalue weighted by molar-refractivity contribution is -0.121. The molecule has 0 aromatic heterocycles. The molecule has 1 amide bonds. The molecule has 0 bridgehead atoms. The zero-order valence-electron chi connectivity index (χ0n) is 10.4. The van der Waals surface area contributed by atoms with Crippen molar-refractivity contribution in [2.75, 3.05) is 13.2 Å². The smallest absolute Gasteiger partial charge is 0.221 e. The fraction of sp³-hybridized carbons (Fsp3) is 0.917.